The minimum Gasteiger partial charge on any atom is -0.319 e. The van der Waals surface area contributed by atoms with Gasteiger partial charge in [-0.05, 0) is 0 Å². The van der Waals surface area contributed by atoms with Gasteiger partial charge in [-0.25, -0.2) is 0 Å². The van der Waals surface area contributed by atoms with Gasteiger partial charge in [0, 0.05) is 0 Å². The number of rotatable bonds is 1. The lowest BCUT2D eigenvalue weighted by molar-refractivity contribution is -0.146. The zero-order chi connectivity index (χ0) is 7.49. The van der Waals surface area contributed by atoms with Crippen molar-refractivity contribution in [1.29, 1.82) is 5.26 Å². The Morgan fingerprint density at radius 2 is 1.90 bits per heavy atom. The van der Waals surface area contributed by atoms with Crippen molar-refractivity contribution in [2.24, 2.45) is 5.73 Å². The molecule has 0 aromatic rings. The highest BCUT2D eigenvalue weighted by atomic mass is 35.5. The van der Waals surface area contributed by atoms with Gasteiger partial charge in [-0.3, -0.25) is 0 Å². The molecule has 0 aliphatic rings. The molecule has 0 saturated carbocycles. The predicted molar refractivity (Wildman–Crippen MR) is 31.5 cm³/mol. The van der Waals surface area contributed by atoms with Crippen molar-refractivity contribution in [3.63, 3.8) is 0 Å². The molecular weight excluding hydrogens is 169 g/mol. The van der Waals surface area contributed by atoms with Crippen LogP contribution < -0.4 is 5.73 Å². The van der Waals surface area contributed by atoms with Crippen LogP contribution in [0.1, 0.15) is 6.42 Å². The molecule has 0 bridgehead atoms. The quantitative estimate of drug-likeness (QED) is 0.650. The number of nitriles is 1. The fourth-order valence-corrected chi connectivity index (χ4v) is 0.214. The van der Waals surface area contributed by atoms with Gasteiger partial charge in [-0.1, -0.05) is 0 Å². The lowest BCUT2D eigenvalue weighted by Crippen LogP contribution is -2.36. The van der Waals surface area contributed by atoms with Crippen molar-refractivity contribution in [3.05, 3.63) is 0 Å². The average Bonchev–Trinajstić information content (AvgIpc) is 1.64. The third-order valence-corrected chi connectivity index (χ3v) is 0.732. The molecular formula is C4H6ClF3N2. The van der Waals surface area contributed by atoms with Crippen molar-refractivity contribution >= 4 is 12.4 Å². The Labute approximate surface area is 62.2 Å². The highest BCUT2D eigenvalue weighted by Gasteiger charge is 2.36. The second kappa shape index (κ2) is 4.36. The van der Waals surface area contributed by atoms with Crippen molar-refractivity contribution in [3.8, 4) is 6.07 Å². The molecule has 0 aliphatic heterocycles. The summed E-state index contributed by atoms with van der Waals surface area (Å²) < 4.78 is 34.1. The first kappa shape index (κ1) is 12.2. The van der Waals surface area contributed by atoms with Crippen LogP contribution in [0.4, 0.5) is 13.2 Å². The van der Waals surface area contributed by atoms with Gasteiger partial charge in [-0.2, -0.15) is 18.4 Å². The lowest BCUT2D eigenvalue weighted by Gasteiger charge is -2.10. The third-order valence-electron chi connectivity index (χ3n) is 0.732. The second-order valence-electron chi connectivity index (χ2n) is 1.51. The molecule has 2 nitrogen and oxygen atoms in total. The maximum atomic E-state index is 11.4. The third kappa shape index (κ3) is 4.41. The molecule has 0 heterocycles. The second-order valence-corrected chi connectivity index (χ2v) is 1.51. The minimum atomic E-state index is -4.43. The molecule has 2 N–H and O–H groups in total. The number of hydrogen-bond acceptors (Lipinski definition) is 2. The van der Waals surface area contributed by atoms with Gasteiger partial charge in [0.05, 0.1) is 12.5 Å². The monoisotopic (exact) mass is 174 g/mol. The summed E-state index contributed by atoms with van der Waals surface area (Å²) in [6.45, 7) is 0. The first-order valence-electron chi connectivity index (χ1n) is 2.17. The van der Waals surface area contributed by atoms with E-state index in [1.807, 2.05) is 0 Å². The van der Waals surface area contributed by atoms with Gasteiger partial charge in [0.25, 0.3) is 0 Å². The van der Waals surface area contributed by atoms with E-state index >= 15 is 0 Å². The lowest BCUT2D eigenvalue weighted by atomic mass is 10.2. The Kier molecular flexibility index (Phi) is 5.33. The van der Waals surface area contributed by atoms with E-state index in [0.717, 1.165) is 0 Å². The van der Waals surface area contributed by atoms with Gasteiger partial charge in [0.1, 0.15) is 6.04 Å². The first-order chi connectivity index (χ1) is 3.98. The average molecular weight is 175 g/mol. The fourth-order valence-electron chi connectivity index (χ4n) is 0.214. The summed E-state index contributed by atoms with van der Waals surface area (Å²) >= 11 is 0. The maximum Gasteiger partial charge on any atom is 0.404 e. The molecule has 0 aromatic carbocycles. The fraction of sp³-hybridized carbons (Fsp3) is 0.750. The Morgan fingerprint density at radius 3 is 2.00 bits per heavy atom. The zero-order valence-electron chi connectivity index (χ0n) is 4.85. The molecule has 6 heteroatoms. The number of alkyl halides is 3. The van der Waals surface area contributed by atoms with Gasteiger partial charge in [0.15, 0.2) is 0 Å². The summed E-state index contributed by atoms with van der Waals surface area (Å²) in [5.41, 5.74) is 4.51. The minimum absolute atomic E-state index is 0. The molecule has 0 saturated heterocycles. The standard InChI is InChI=1S/C4H5F3N2.ClH/c5-4(6,7)3(9)1-2-8;/h3H,1,9H2;1H/t3-;/m1./s1. The molecule has 0 spiro atoms. The summed E-state index contributed by atoms with van der Waals surface area (Å²) in [7, 11) is 0. The van der Waals surface area contributed by atoms with Crippen LogP contribution in [-0.4, -0.2) is 12.2 Å². The topological polar surface area (TPSA) is 49.8 Å². The van der Waals surface area contributed by atoms with E-state index in [2.05, 4.69) is 5.73 Å². The van der Waals surface area contributed by atoms with Crippen LogP contribution in [0.3, 0.4) is 0 Å². The number of nitrogens with zero attached hydrogens (tertiary/aromatic N) is 1. The summed E-state index contributed by atoms with van der Waals surface area (Å²) in [5.74, 6) is 0. The van der Waals surface area contributed by atoms with Crippen LogP contribution in [-0.2, 0) is 0 Å². The van der Waals surface area contributed by atoms with Gasteiger partial charge in [-0.15, -0.1) is 12.4 Å². The Balaban J connectivity index is 0. The molecule has 0 unspecified atom stereocenters. The molecule has 0 fully saturated rings. The van der Waals surface area contributed by atoms with Crippen molar-refractivity contribution in [2.75, 3.05) is 0 Å². The zero-order valence-corrected chi connectivity index (χ0v) is 5.67. The Hall–Kier alpha value is -0.470. The normalized spacial score (nSPS) is 13.1. The largest absolute Gasteiger partial charge is 0.404 e. The Morgan fingerprint density at radius 1 is 1.50 bits per heavy atom. The summed E-state index contributed by atoms with van der Waals surface area (Å²) in [6, 6.07) is -0.669. The van der Waals surface area contributed by atoms with E-state index in [-0.39, 0.29) is 12.4 Å². The number of hydrogen-bond donors (Lipinski definition) is 1. The number of nitrogens with two attached hydrogens (primary N) is 1. The van der Waals surface area contributed by atoms with E-state index in [9.17, 15) is 13.2 Å². The number of halogens is 4. The molecule has 0 aromatic heterocycles. The van der Waals surface area contributed by atoms with Crippen LogP contribution in [0, 0.1) is 11.3 Å². The summed E-state index contributed by atoms with van der Waals surface area (Å²) in [6.07, 6.45) is -5.11. The van der Waals surface area contributed by atoms with Crippen molar-refractivity contribution in [2.45, 2.75) is 18.6 Å². The van der Waals surface area contributed by atoms with E-state index in [1.54, 1.807) is 0 Å². The Bertz CT molecular complexity index is 127. The highest BCUT2D eigenvalue weighted by Crippen LogP contribution is 2.19. The molecule has 10 heavy (non-hydrogen) atoms. The SMILES string of the molecule is Cl.N#CC[C@@H](N)C(F)(F)F. The van der Waals surface area contributed by atoms with Gasteiger partial charge >= 0.3 is 6.18 Å². The highest BCUT2D eigenvalue weighted by molar-refractivity contribution is 5.85. The molecule has 0 amide bonds. The molecule has 0 aliphatic carbocycles. The van der Waals surface area contributed by atoms with Crippen LogP contribution in [0.2, 0.25) is 0 Å². The van der Waals surface area contributed by atoms with Crippen LogP contribution in [0.25, 0.3) is 0 Å². The predicted octanol–water partition coefficient (Wildman–Crippen LogP) is 1.21. The molecule has 0 radical (unpaired) electrons. The summed E-state index contributed by atoms with van der Waals surface area (Å²) in [5, 5.41) is 7.77. The van der Waals surface area contributed by atoms with Crippen molar-refractivity contribution < 1.29 is 13.2 Å². The maximum absolute atomic E-state index is 11.4. The molecule has 0 rings (SSSR count). The summed E-state index contributed by atoms with van der Waals surface area (Å²) in [4.78, 5) is 0. The van der Waals surface area contributed by atoms with Gasteiger partial charge < -0.3 is 5.73 Å². The van der Waals surface area contributed by atoms with Crippen LogP contribution >= 0.6 is 12.4 Å². The molecule has 1 atom stereocenters. The van der Waals surface area contributed by atoms with E-state index < -0.39 is 18.6 Å². The van der Waals surface area contributed by atoms with E-state index in [0.29, 0.717) is 0 Å². The first-order valence-corrected chi connectivity index (χ1v) is 2.17. The van der Waals surface area contributed by atoms with Crippen molar-refractivity contribution in [1.82, 2.24) is 0 Å². The van der Waals surface area contributed by atoms with Crippen LogP contribution in [0.15, 0.2) is 0 Å². The molecule has 60 valence electrons. The van der Waals surface area contributed by atoms with Gasteiger partial charge in [0.2, 0.25) is 0 Å². The van der Waals surface area contributed by atoms with E-state index in [1.165, 1.54) is 6.07 Å². The van der Waals surface area contributed by atoms with E-state index in [4.69, 9.17) is 5.26 Å². The smallest absolute Gasteiger partial charge is 0.319 e. The van der Waals surface area contributed by atoms with Crippen LogP contribution in [0.5, 0.6) is 0 Å².